The van der Waals surface area contributed by atoms with Crippen LogP contribution in [0, 0.1) is 24.1 Å². The molecule has 2 N–H and O–H groups in total. The molecule has 7 nitrogen and oxygen atoms in total. The summed E-state index contributed by atoms with van der Waals surface area (Å²) in [6, 6.07) is 28.0. The topological polar surface area (TPSA) is 104 Å². The van der Waals surface area contributed by atoms with Crippen LogP contribution in [0.25, 0.3) is 0 Å². The smallest absolute Gasteiger partial charge is 0.349 e. The van der Waals surface area contributed by atoms with Crippen molar-refractivity contribution in [2.24, 2.45) is 5.73 Å². The van der Waals surface area contributed by atoms with Crippen LogP contribution in [0.4, 0.5) is 4.39 Å². The molecule has 4 aromatic rings. The highest BCUT2D eigenvalue weighted by Crippen LogP contribution is 2.43. The van der Waals surface area contributed by atoms with Gasteiger partial charge in [0, 0.05) is 17.2 Å². The number of esters is 1. The number of nitriles is 1. The molecular weight excluding hydrogens is 511 g/mol. The molecule has 0 aliphatic carbocycles. The molecule has 40 heavy (non-hydrogen) atoms. The lowest BCUT2D eigenvalue weighted by Crippen LogP contribution is -2.21. The van der Waals surface area contributed by atoms with E-state index in [1.165, 1.54) is 6.07 Å². The highest BCUT2D eigenvalue weighted by Gasteiger charge is 2.31. The van der Waals surface area contributed by atoms with Crippen LogP contribution in [-0.4, -0.2) is 12.6 Å². The van der Waals surface area contributed by atoms with Crippen LogP contribution in [-0.2, 0) is 11.4 Å². The minimum Gasteiger partial charge on any atom is -0.489 e. The zero-order valence-electron chi connectivity index (χ0n) is 21.6. The van der Waals surface area contributed by atoms with Crippen LogP contribution in [0.3, 0.4) is 0 Å². The number of ether oxygens (including phenoxy) is 4. The Kier molecular flexibility index (Phi) is 7.65. The molecule has 1 heterocycles. The number of hydrogen-bond acceptors (Lipinski definition) is 7. The van der Waals surface area contributed by atoms with Gasteiger partial charge in [0.2, 0.25) is 5.88 Å². The second-order valence-corrected chi connectivity index (χ2v) is 9.10. The van der Waals surface area contributed by atoms with E-state index >= 15 is 0 Å². The molecule has 4 aromatic carbocycles. The van der Waals surface area contributed by atoms with Crippen molar-refractivity contribution in [2.75, 3.05) is 6.61 Å². The number of carbonyl (C=O) groups is 1. The van der Waals surface area contributed by atoms with Crippen molar-refractivity contribution in [1.29, 1.82) is 5.26 Å². The highest BCUT2D eigenvalue weighted by molar-refractivity contribution is 5.74. The molecule has 0 aromatic heterocycles. The molecule has 0 saturated heterocycles. The van der Waals surface area contributed by atoms with Crippen molar-refractivity contribution < 1.29 is 28.1 Å². The third-order valence-corrected chi connectivity index (χ3v) is 6.43. The van der Waals surface area contributed by atoms with Crippen molar-refractivity contribution in [3.05, 3.63) is 131 Å². The van der Waals surface area contributed by atoms with E-state index in [0.717, 1.165) is 11.1 Å². The summed E-state index contributed by atoms with van der Waals surface area (Å²) in [5.41, 5.74) is 9.18. The quantitative estimate of drug-likeness (QED) is 0.220. The Balaban J connectivity index is 1.31. The molecular formula is C32H25FN2O5. The Bertz CT molecular complexity index is 1630. The van der Waals surface area contributed by atoms with Gasteiger partial charge in [0.25, 0.3) is 0 Å². The van der Waals surface area contributed by atoms with Gasteiger partial charge in [-0.15, -0.1) is 0 Å². The molecule has 1 unspecified atom stereocenters. The van der Waals surface area contributed by atoms with E-state index in [1.54, 1.807) is 54.6 Å². The largest absolute Gasteiger partial charge is 0.489 e. The second-order valence-electron chi connectivity index (χ2n) is 9.10. The molecule has 0 fully saturated rings. The van der Waals surface area contributed by atoms with Crippen molar-refractivity contribution in [2.45, 2.75) is 19.4 Å². The summed E-state index contributed by atoms with van der Waals surface area (Å²) in [6.07, 6.45) is 0. The first-order valence-corrected chi connectivity index (χ1v) is 12.5. The lowest BCUT2D eigenvalue weighted by molar-refractivity contribution is -0.136. The number of para-hydroxylation sites is 1. The van der Waals surface area contributed by atoms with Crippen LogP contribution in [0.15, 0.2) is 102 Å². The fraction of sp³-hybridized carbons (Fsp3) is 0.125. The van der Waals surface area contributed by atoms with Gasteiger partial charge in [-0.25, -0.2) is 9.18 Å². The van der Waals surface area contributed by atoms with Crippen LogP contribution >= 0.6 is 0 Å². The predicted molar refractivity (Wildman–Crippen MR) is 145 cm³/mol. The molecule has 0 bridgehead atoms. The molecule has 200 valence electrons. The normalized spacial score (nSPS) is 14.0. The Morgan fingerprint density at radius 1 is 0.975 bits per heavy atom. The fourth-order valence-electron chi connectivity index (χ4n) is 4.39. The van der Waals surface area contributed by atoms with Gasteiger partial charge in [-0.05, 0) is 48.4 Å². The van der Waals surface area contributed by atoms with Crippen LogP contribution in [0.5, 0.6) is 23.0 Å². The summed E-state index contributed by atoms with van der Waals surface area (Å²) in [5, 5.41) is 9.84. The van der Waals surface area contributed by atoms with E-state index in [2.05, 4.69) is 6.07 Å². The molecule has 1 aliphatic rings. The molecule has 1 aliphatic heterocycles. The van der Waals surface area contributed by atoms with E-state index in [-0.39, 0.29) is 36.2 Å². The van der Waals surface area contributed by atoms with Gasteiger partial charge >= 0.3 is 5.97 Å². The number of rotatable bonds is 8. The second kappa shape index (κ2) is 11.6. The zero-order chi connectivity index (χ0) is 28.1. The maximum atomic E-state index is 13.9. The number of halogens is 1. The van der Waals surface area contributed by atoms with Gasteiger partial charge in [-0.3, -0.25) is 0 Å². The van der Waals surface area contributed by atoms with Crippen molar-refractivity contribution in [1.82, 2.24) is 0 Å². The monoisotopic (exact) mass is 536 g/mol. The number of nitrogens with zero attached hydrogens (tertiary/aromatic N) is 1. The first kappa shape index (κ1) is 26.3. The Labute approximate surface area is 230 Å². The zero-order valence-corrected chi connectivity index (χ0v) is 21.6. The highest BCUT2D eigenvalue weighted by atomic mass is 19.1. The summed E-state index contributed by atoms with van der Waals surface area (Å²) in [7, 11) is 0. The van der Waals surface area contributed by atoms with Gasteiger partial charge in [-0.2, -0.15) is 5.26 Å². The van der Waals surface area contributed by atoms with Gasteiger partial charge in [0.15, 0.2) is 6.61 Å². The Morgan fingerprint density at radius 2 is 1.70 bits per heavy atom. The summed E-state index contributed by atoms with van der Waals surface area (Å²) in [6.45, 7) is 1.70. The van der Waals surface area contributed by atoms with Gasteiger partial charge < -0.3 is 24.7 Å². The Hall–Kier alpha value is -5.29. The summed E-state index contributed by atoms with van der Waals surface area (Å²) in [5.74, 6) is 0.303. The summed E-state index contributed by atoms with van der Waals surface area (Å²) in [4.78, 5) is 12.4. The molecule has 8 heteroatoms. The predicted octanol–water partition coefficient (Wildman–Crippen LogP) is 5.92. The summed E-state index contributed by atoms with van der Waals surface area (Å²) < 4.78 is 36.4. The van der Waals surface area contributed by atoms with Crippen LogP contribution < -0.4 is 24.7 Å². The number of aryl methyl sites for hydroxylation is 1. The number of hydrogen-bond donors (Lipinski definition) is 1. The van der Waals surface area contributed by atoms with E-state index in [0.29, 0.717) is 28.4 Å². The third kappa shape index (κ3) is 5.74. The number of allylic oxidation sites excluding steroid dienone is 1. The van der Waals surface area contributed by atoms with Crippen LogP contribution in [0.1, 0.15) is 28.2 Å². The average Bonchev–Trinajstić information content (AvgIpc) is 2.96. The molecule has 5 rings (SSSR count). The van der Waals surface area contributed by atoms with Crippen LogP contribution in [0.2, 0.25) is 0 Å². The Morgan fingerprint density at radius 3 is 2.45 bits per heavy atom. The maximum absolute atomic E-state index is 13.9. The fourth-order valence-corrected chi connectivity index (χ4v) is 4.39. The van der Waals surface area contributed by atoms with Gasteiger partial charge in [0.05, 0.1) is 5.92 Å². The number of fused-ring (bicyclic) bond motifs is 1. The third-order valence-electron chi connectivity index (χ3n) is 6.43. The van der Waals surface area contributed by atoms with Gasteiger partial charge in [0.1, 0.15) is 47.1 Å². The van der Waals surface area contributed by atoms with E-state index in [1.807, 2.05) is 37.3 Å². The number of benzene rings is 4. The van der Waals surface area contributed by atoms with Crippen molar-refractivity contribution in [3.8, 4) is 29.1 Å². The SMILES string of the molecule is Cc1ccccc1OCC(=O)Oc1ccc2c(c1)OC(N)=C(C#N)C2c1ccc(OCc2ccccc2F)cc1. The molecule has 0 radical (unpaired) electrons. The average molecular weight is 537 g/mol. The molecule has 0 spiro atoms. The number of nitrogens with two attached hydrogens (primary N) is 1. The molecule has 0 amide bonds. The van der Waals surface area contributed by atoms with E-state index < -0.39 is 11.9 Å². The minimum absolute atomic E-state index is 0.0359. The maximum Gasteiger partial charge on any atom is 0.349 e. The van der Waals surface area contributed by atoms with Gasteiger partial charge in [-0.1, -0.05) is 54.6 Å². The van der Waals surface area contributed by atoms with E-state index in [4.69, 9.17) is 24.7 Å². The van der Waals surface area contributed by atoms with Crippen molar-refractivity contribution in [3.63, 3.8) is 0 Å². The molecule has 0 saturated carbocycles. The summed E-state index contributed by atoms with van der Waals surface area (Å²) >= 11 is 0. The first-order valence-electron chi connectivity index (χ1n) is 12.5. The number of carbonyl (C=O) groups excluding carboxylic acids is 1. The molecule has 1 atom stereocenters. The minimum atomic E-state index is -0.581. The standard InChI is InChI=1S/C32H25FN2O5/c1-20-6-2-5-9-28(20)38-19-30(36)39-24-14-15-25-29(16-24)40-32(35)26(17-34)31(25)21-10-12-23(13-11-21)37-18-22-7-3-4-8-27(22)33/h2-16,31H,18-19,35H2,1H3. The lowest BCUT2D eigenvalue weighted by atomic mass is 9.83. The van der Waals surface area contributed by atoms with E-state index in [9.17, 15) is 14.4 Å². The lowest BCUT2D eigenvalue weighted by Gasteiger charge is -2.26. The first-order chi connectivity index (χ1) is 19.4. The van der Waals surface area contributed by atoms with Crippen molar-refractivity contribution >= 4 is 5.97 Å².